The smallest absolute Gasteiger partial charge is 0.134 e. The van der Waals surface area contributed by atoms with Gasteiger partial charge in [-0.15, -0.1) is 0 Å². The van der Waals surface area contributed by atoms with Crippen molar-refractivity contribution in [3.63, 3.8) is 0 Å². The largest absolute Gasteiger partial charge is 0.464 e. The molecule has 21 heavy (non-hydrogen) atoms. The first-order valence-corrected chi connectivity index (χ1v) is 6.70. The molecular weight excluding hydrogens is 262 g/mol. The van der Waals surface area contributed by atoms with E-state index in [1.54, 1.807) is 10.9 Å². The van der Waals surface area contributed by atoms with Gasteiger partial charge >= 0.3 is 0 Å². The number of furan rings is 1. The number of fused-ring (bicyclic) bond motifs is 1. The maximum Gasteiger partial charge on any atom is 0.134 e. The van der Waals surface area contributed by atoms with Crippen LogP contribution in [0.3, 0.4) is 0 Å². The summed E-state index contributed by atoms with van der Waals surface area (Å²) in [5.74, 6) is 0.599. The van der Waals surface area contributed by atoms with Crippen LogP contribution >= 0.6 is 0 Å². The normalized spacial score (nSPS) is 11.0. The van der Waals surface area contributed by atoms with Crippen molar-refractivity contribution in [1.29, 1.82) is 0 Å². The fourth-order valence-corrected chi connectivity index (χ4v) is 2.48. The Morgan fingerprint density at radius 1 is 0.952 bits per heavy atom. The third-order valence-electron chi connectivity index (χ3n) is 3.49. The Labute approximate surface area is 121 Å². The summed E-state index contributed by atoms with van der Waals surface area (Å²) in [6.07, 6.45) is 1.72. The monoisotopic (exact) mass is 275 g/mol. The van der Waals surface area contributed by atoms with Crippen LogP contribution in [-0.4, -0.2) is 9.78 Å². The SMILES string of the molecule is Nc1cc(-c2coc3ccccc23)nn1-c1ccccc1. The molecule has 2 heterocycles. The molecule has 4 heteroatoms. The zero-order chi connectivity index (χ0) is 14.2. The first-order chi connectivity index (χ1) is 10.3. The topological polar surface area (TPSA) is 57.0 Å². The van der Waals surface area contributed by atoms with Gasteiger partial charge in [0.2, 0.25) is 0 Å². The summed E-state index contributed by atoms with van der Waals surface area (Å²) in [6, 6.07) is 19.6. The Kier molecular flexibility index (Phi) is 2.54. The van der Waals surface area contributed by atoms with Gasteiger partial charge in [0.1, 0.15) is 17.7 Å². The molecule has 0 saturated heterocycles. The van der Waals surface area contributed by atoms with Gasteiger partial charge in [-0.2, -0.15) is 5.10 Å². The predicted molar refractivity (Wildman–Crippen MR) is 83.2 cm³/mol. The van der Waals surface area contributed by atoms with Crippen LogP contribution < -0.4 is 5.73 Å². The Morgan fingerprint density at radius 3 is 2.57 bits per heavy atom. The molecule has 4 rings (SSSR count). The maximum absolute atomic E-state index is 6.09. The highest BCUT2D eigenvalue weighted by Gasteiger charge is 2.13. The highest BCUT2D eigenvalue weighted by Crippen LogP contribution is 2.31. The fourth-order valence-electron chi connectivity index (χ4n) is 2.48. The van der Waals surface area contributed by atoms with Crippen molar-refractivity contribution in [3.05, 3.63) is 66.9 Å². The van der Waals surface area contributed by atoms with Gasteiger partial charge in [-0.05, 0) is 18.2 Å². The molecule has 0 unspecified atom stereocenters. The van der Waals surface area contributed by atoms with Gasteiger partial charge in [-0.1, -0.05) is 36.4 Å². The van der Waals surface area contributed by atoms with Crippen molar-refractivity contribution in [1.82, 2.24) is 9.78 Å². The number of nitrogens with zero attached hydrogens (tertiary/aromatic N) is 2. The molecule has 0 aliphatic carbocycles. The third-order valence-corrected chi connectivity index (χ3v) is 3.49. The molecule has 0 aliphatic rings. The molecule has 0 radical (unpaired) electrons. The standard InChI is InChI=1S/C17H13N3O/c18-17-10-15(19-20(17)12-6-2-1-3-7-12)14-11-21-16-9-5-4-8-13(14)16/h1-11H,18H2. The summed E-state index contributed by atoms with van der Waals surface area (Å²) in [6.45, 7) is 0. The number of rotatable bonds is 2. The number of hydrogen-bond acceptors (Lipinski definition) is 3. The highest BCUT2D eigenvalue weighted by atomic mass is 16.3. The summed E-state index contributed by atoms with van der Waals surface area (Å²) in [5.41, 5.74) is 9.64. The number of nitrogen functional groups attached to an aromatic ring is 1. The van der Waals surface area contributed by atoms with Crippen molar-refractivity contribution in [2.24, 2.45) is 0 Å². The average molecular weight is 275 g/mol. The number of benzene rings is 2. The first-order valence-electron chi connectivity index (χ1n) is 6.70. The molecule has 4 aromatic rings. The molecule has 0 spiro atoms. The molecule has 2 aromatic heterocycles. The quantitative estimate of drug-likeness (QED) is 0.604. The lowest BCUT2D eigenvalue weighted by Gasteiger charge is -2.02. The van der Waals surface area contributed by atoms with Crippen molar-refractivity contribution < 1.29 is 4.42 Å². The average Bonchev–Trinajstić information content (AvgIpc) is 3.11. The third kappa shape index (κ3) is 1.89. The van der Waals surface area contributed by atoms with Gasteiger partial charge in [0.15, 0.2) is 0 Å². The van der Waals surface area contributed by atoms with E-state index in [1.807, 2.05) is 60.7 Å². The van der Waals surface area contributed by atoms with Crippen LogP contribution in [0.25, 0.3) is 27.9 Å². The van der Waals surface area contributed by atoms with E-state index in [4.69, 9.17) is 10.2 Å². The zero-order valence-electron chi connectivity index (χ0n) is 11.2. The molecule has 0 aliphatic heterocycles. The van der Waals surface area contributed by atoms with Crippen LogP contribution in [0.15, 0.2) is 71.3 Å². The molecule has 0 atom stereocenters. The van der Waals surface area contributed by atoms with E-state index in [1.165, 1.54) is 0 Å². The molecule has 2 N–H and O–H groups in total. The number of aromatic nitrogens is 2. The number of nitrogens with two attached hydrogens (primary N) is 1. The number of anilines is 1. The minimum absolute atomic E-state index is 0.599. The highest BCUT2D eigenvalue weighted by molar-refractivity contribution is 5.93. The minimum atomic E-state index is 0.599. The van der Waals surface area contributed by atoms with Crippen molar-refractivity contribution >= 4 is 16.8 Å². The van der Waals surface area contributed by atoms with Gasteiger partial charge in [-0.3, -0.25) is 0 Å². The van der Waals surface area contributed by atoms with Gasteiger partial charge in [0, 0.05) is 17.0 Å². The van der Waals surface area contributed by atoms with Crippen molar-refractivity contribution in [3.8, 4) is 16.9 Å². The van der Waals surface area contributed by atoms with Crippen LogP contribution in [-0.2, 0) is 0 Å². The van der Waals surface area contributed by atoms with Crippen LogP contribution in [0.4, 0.5) is 5.82 Å². The van der Waals surface area contributed by atoms with Gasteiger partial charge < -0.3 is 10.2 Å². The molecule has 4 nitrogen and oxygen atoms in total. The summed E-state index contributed by atoms with van der Waals surface area (Å²) in [4.78, 5) is 0. The number of para-hydroxylation sites is 2. The molecular formula is C17H13N3O. The Balaban J connectivity index is 1.87. The van der Waals surface area contributed by atoms with Crippen LogP contribution in [0.5, 0.6) is 0 Å². The van der Waals surface area contributed by atoms with E-state index in [2.05, 4.69) is 5.10 Å². The lowest BCUT2D eigenvalue weighted by Crippen LogP contribution is -2.00. The Morgan fingerprint density at radius 2 is 1.71 bits per heavy atom. The minimum Gasteiger partial charge on any atom is -0.464 e. The molecule has 102 valence electrons. The second-order valence-corrected chi connectivity index (χ2v) is 4.85. The van der Waals surface area contributed by atoms with E-state index in [9.17, 15) is 0 Å². The van der Waals surface area contributed by atoms with Gasteiger partial charge in [0.05, 0.1) is 11.4 Å². The predicted octanol–water partition coefficient (Wildman–Crippen LogP) is 3.87. The van der Waals surface area contributed by atoms with E-state index >= 15 is 0 Å². The lowest BCUT2D eigenvalue weighted by molar-refractivity contribution is 0.616. The summed E-state index contributed by atoms with van der Waals surface area (Å²) in [5, 5.41) is 5.64. The molecule has 0 amide bonds. The van der Waals surface area contributed by atoms with Crippen LogP contribution in [0.1, 0.15) is 0 Å². The summed E-state index contributed by atoms with van der Waals surface area (Å²) in [7, 11) is 0. The summed E-state index contributed by atoms with van der Waals surface area (Å²) >= 11 is 0. The van der Waals surface area contributed by atoms with Crippen LogP contribution in [0, 0.1) is 0 Å². The Hall–Kier alpha value is -3.01. The van der Waals surface area contributed by atoms with Gasteiger partial charge in [-0.25, -0.2) is 4.68 Å². The molecule has 0 fully saturated rings. The van der Waals surface area contributed by atoms with E-state index in [-0.39, 0.29) is 0 Å². The lowest BCUT2D eigenvalue weighted by atomic mass is 10.1. The fraction of sp³-hybridized carbons (Fsp3) is 0. The molecule has 0 bridgehead atoms. The van der Waals surface area contributed by atoms with Gasteiger partial charge in [0.25, 0.3) is 0 Å². The molecule has 0 saturated carbocycles. The maximum atomic E-state index is 6.09. The van der Waals surface area contributed by atoms with Crippen molar-refractivity contribution in [2.75, 3.05) is 5.73 Å². The van der Waals surface area contributed by atoms with E-state index < -0.39 is 0 Å². The van der Waals surface area contributed by atoms with E-state index in [0.717, 1.165) is 27.9 Å². The second kappa shape index (κ2) is 4.52. The van der Waals surface area contributed by atoms with Crippen LogP contribution in [0.2, 0.25) is 0 Å². The van der Waals surface area contributed by atoms with E-state index in [0.29, 0.717) is 5.82 Å². The summed E-state index contributed by atoms with van der Waals surface area (Å²) < 4.78 is 7.30. The number of hydrogen-bond donors (Lipinski definition) is 1. The Bertz CT molecular complexity index is 906. The van der Waals surface area contributed by atoms with Crippen molar-refractivity contribution in [2.45, 2.75) is 0 Å². The first kappa shape index (κ1) is 11.8. The second-order valence-electron chi connectivity index (χ2n) is 4.85. The zero-order valence-corrected chi connectivity index (χ0v) is 11.2. The molecule has 2 aromatic carbocycles.